The molecule has 1 aromatic rings. The Morgan fingerprint density at radius 2 is 1.89 bits per heavy atom. The number of benzene rings is 1. The Hall–Kier alpha value is -1.75. The summed E-state index contributed by atoms with van der Waals surface area (Å²) in [6.07, 6.45) is 2.26. The molecule has 1 saturated heterocycles. The molecule has 1 atom stereocenters. The molecule has 1 N–H and O–H groups in total. The highest BCUT2D eigenvalue weighted by Gasteiger charge is 2.29. The summed E-state index contributed by atoms with van der Waals surface area (Å²) >= 11 is 6.44. The van der Waals surface area contributed by atoms with Crippen molar-refractivity contribution in [2.45, 2.75) is 78.4 Å². The van der Waals surface area contributed by atoms with E-state index in [0.717, 1.165) is 35.4 Å². The van der Waals surface area contributed by atoms with Crippen molar-refractivity contribution in [1.82, 2.24) is 10.2 Å². The van der Waals surface area contributed by atoms with Crippen LogP contribution in [0, 0.1) is 6.92 Å². The Bertz CT molecular complexity index is 719. The first kappa shape index (κ1) is 22.5. The fourth-order valence-electron chi connectivity index (χ4n) is 3.72. The molecular weight excluding hydrogens is 376 g/mol. The molecule has 0 saturated carbocycles. The van der Waals surface area contributed by atoms with Gasteiger partial charge in [0.25, 0.3) is 0 Å². The summed E-state index contributed by atoms with van der Waals surface area (Å²) in [7, 11) is 0. The number of amides is 2. The third-order valence-corrected chi connectivity index (χ3v) is 5.52. The van der Waals surface area contributed by atoms with E-state index in [4.69, 9.17) is 16.3 Å². The average Bonchev–Trinajstić information content (AvgIpc) is 2.60. The van der Waals surface area contributed by atoms with E-state index in [1.165, 1.54) is 5.56 Å². The first-order valence-electron chi connectivity index (χ1n) is 10.1. The Kier molecular flexibility index (Phi) is 7.38. The van der Waals surface area contributed by atoms with Crippen LogP contribution in [0.25, 0.3) is 0 Å². The predicted molar refractivity (Wildman–Crippen MR) is 113 cm³/mol. The van der Waals surface area contributed by atoms with Crippen molar-refractivity contribution in [2.75, 3.05) is 13.1 Å². The zero-order valence-corrected chi connectivity index (χ0v) is 18.7. The number of likely N-dealkylation sites (tertiary alicyclic amines) is 1. The highest BCUT2D eigenvalue weighted by Crippen LogP contribution is 2.37. The van der Waals surface area contributed by atoms with Gasteiger partial charge in [-0.25, -0.2) is 4.79 Å². The average molecular weight is 409 g/mol. The number of halogens is 1. The van der Waals surface area contributed by atoms with Gasteiger partial charge in [-0.2, -0.15) is 0 Å². The SMILES string of the molecule is CC[C@@H](NC(C)=O)c1cc(C)c(Cl)cc1C1CCN(C(=O)OC(C)(C)C)CC1. The molecule has 1 fully saturated rings. The van der Waals surface area contributed by atoms with E-state index < -0.39 is 5.60 Å². The number of rotatable bonds is 4. The van der Waals surface area contributed by atoms with Gasteiger partial charge in [-0.1, -0.05) is 24.6 Å². The number of hydrogen-bond acceptors (Lipinski definition) is 3. The number of nitrogens with one attached hydrogen (secondary N) is 1. The standard InChI is InChI=1S/C22H33ClN2O3/c1-7-20(24-15(3)26)18-12-14(2)19(23)13-17(18)16-8-10-25(11-9-16)21(27)28-22(4,5)6/h12-13,16,20H,7-11H2,1-6H3,(H,24,26)/t20-/m1/s1. The Balaban J connectivity index is 2.20. The first-order chi connectivity index (χ1) is 13.0. The molecule has 5 nitrogen and oxygen atoms in total. The van der Waals surface area contributed by atoms with E-state index >= 15 is 0 Å². The fourth-order valence-corrected chi connectivity index (χ4v) is 3.89. The van der Waals surface area contributed by atoms with Crippen molar-refractivity contribution in [3.63, 3.8) is 0 Å². The topological polar surface area (TPSA) is 58.6 Å². The Morgan fingerprint density at radius 1 is 1.29 bits per heavy atom. The maximum atomic E-state index is 12.3. The van der Waals surface area contributed by atoms with Gasteiger partial charge in [0.1, 0.15) is 5.60 Å². The van der Waals surface area contributed by atoms with Crippen molar-refractivity contribution in [2.24, 2.45) is 0 Å². The molecule has 1 aromatic carbocycles. The second kappa shape index (κ2) is 9.17. The summed E-state index contributed by atoms with van der Waals surface area (Å²) in [5, 5.41) is 3.80. The Labute approximate surface area is 173 Å². The first-order valence-corrected chi connectivity index (χ1v) is 10.4. The number of hydrogen-bond donors (Lipinski definition) is 1. The van der Waals surface area contributed by atoms with Crippen LogP contribution in [0.4, 0.5) is 4.79 Å². The summed E-state index contributed by atoms with van der Waals surface area (Å²) in [5.74, 6) is 0.264. The van der Waals surface area contributed by atoms with Crippen LogP contribution in [-0.4, -0.2) is 35.6 Å². The van der Waals surface area contributed by atoms with Gasteiger partial charge in [-0.3, -0.25) is 4.79 Å². The number of ether oxygens (including phenoxy) is 1. The van der Waals surface area contributed by atoms with Crippen molar-refractivity contribution in [3.8, 4) is 0 Å². The van der Waals surface area contributed by atoms with Crippen molar-refractivity contribution in [1.29, 1.82) is 0 Å². The number of carbonyl (C=O) groups excluding carboxylic acids is 2. The number of carbonyl (C=O) groups is 2. The van der Waals surface area contributed by atoms with Crippen LogP contribution in [0.1, 0.15) is 82.5 Å². The van der Waals surface area contributed by atoms with Gasteiger partial charge in [0.2, 0.25) is 5.91 Å². The quantitative estimate of drug-likeness (QED) is 0.730. The van der Waals surface area contributed by atoms with E-state index in [9.17, 15) is 9.59 Å². The third-order valence-electron chi connectivity index (χ3n) is 5.11. The molecule has 6 heteroatoms. The lowest BCUT2D eigenvalue weighted by molar-refractivity contribution is -0.119. The molecule has 156 valence electrons. The van der Waals surface area contributed by atoms with E-state index in [0.29, 0.717) is 19.0 Å². The molecule has 2 amide bonds. The lowest BCUT2D eigenvalue weighted by Crippen LogP contribution is -2.41. The molecule has 28 heavy (non-hydrogen) atoms. The lowest BCUT2D eigenvalue weighted by atomic mass is 9.83. The van der Waals surface area contributed by atoms with Crippen LogP contribution >= 0.6 is 11.6 Å². The van der Waals surface area contributed by atoms with Crippen molar-refractivity contribution in [3.05, 3.63) is 33.8 Å². The van der Waals surface area contributed by atoms with Crippen LogP contribution in [0.3, 0.4) is 0 Å². The Morgan fingerprint density at radius 3 is 2.39 bits per heavy atom. The van der Waals surface area contributed by atoms with Crippen LogP contribution in [0.2, 0.25) is 5.02 Å². The normalized spacial score (nSPS) is 16.6. The van der Waals surface area contributed by atoms with E-state index in [2.05, 4.69) is 18.3 Å². The third kappa shape index (κ3) is 5.87. The van der Waals surface area contributed by atoms with Gasteiger partial charge in [0.15, 0.2) is 0 Å². The van der Waals surface area contributed by atoms with Crippen LogP contribution in [0.15, 0.2) is 12.1 Å². The zero-order valence-electron chi connectivity index (χ0n) is 17.9. The molecule has 1 aliphatic heterocycles. The highest BCUT2D eigenvalue weighted by molar-refractivity contribution is 6.31. The van der Waals surface area contributed by atoms with Gasteiger partial charge in [-0.05, 0) is 75.6 Å². The van der Waals surface area contributed by atoms with Crippen LogP contribution in [-0.2, 0) is 9.53 Å². The smallest absolute Gasteiger partial charge is 0.410 e. The van der Waals surface area contributed by atoms with Gasteiger partial charge in [0.05, 0.1) is 6.04 Å². The second-order valence-electron chi connectivity index (χ2n) is 8.63. The molecule has 2 rings (SSSR count). The molecule has 0 aromatic heterocycles. The largest absolute Gasteiger partial charge is 0.444 e. The molecule has 1 heterocycles. The predicted octanol–water partition coefficient (Wildman–Crippen LogP) is 5.35. The van der Waals surface area contributed by atoms with Crippen LogP contribution in [0.5, 0.6) is 0 Å². The zero-order chi connectivity index (χ0) is 21.1. The minimum atomic E-state index is -0.488. The molecular formula is C22H33ClN2O3. The van der Waals surface area contributed by atoms with Crippen molar-refractivity contribution >= 4 is 23.6 Å². The van der Waals surface area contributed by atoms with Gasteiger partial charge < -0.3 is 15.0 Å². The summed E-state index contributed by atoms with van der Waals surface area (Å²) in [5.41, 5.74) is 2.84. The molecule has 0 unspecified atom stereocenters. The van der Waals surface area contributed by atoms with Crippen molar-refractivity contribution < 1.29 is 14.3 Å². The fraction of sp³-hybridized carbons (Fsp3) is 0.636. The minimum Gasteiger partial charge on any atom is -0.444 e. The minimum absolute atomic E-state index is 0.0349. The van der Waals surface area contributed by atoms with E-state index in [1.807, 2.05) is 33.8 Å². The van der Waals surface area contributed by atoms with Gasteiger partial charge >= 0.3 is 6.09 Å². The molecule has 1 aliphatic rings. The summed E-state index contributed by atoms with van der Waals surface area (Å²) in [4.78, 5) is 25.8. The highest BCUT2D eigenvalue weighted by atomic mass is 35.5. The molecule has 0 radical (unpaired) electrons. The maximum absolute atomic E-state index is 12.3. The van der Waals surface area contributed by atoms with E-state index in [1.54, 1.807) is 11.8 Å². The van der Waals surface area contributed by atoms with Gasteiger partial charge in [-0.15, -0.1) is 0 Å². The van der Waals surface area contributed by atoms with E-state index in [-0.39, 0.29) is 18.0 Å². The summed E-state index contributed by atoms with van der Waals surface area (Å²) < 4.78 is 5.49. The lowest BCUT2D eigenvalue weighted by Gasteiger charge is -2.35. The van der Waals surface area contributed by atoms with Gasteiger partial charge in [0, 0.05) is 25.0 Å². The molecule has 0 bridgehead atoms. The summed E-state index contributed by atoms with van der Waals surface area (Å²) in [6.45, 7) is 12.6. The number of nitrogens with zero attached hydrogens (tertiary/aromatic N) is 1. The summed E-state index contributed by atoms with van der Waals surface area (Å²) in [6, 6.07) is 4.11. The molecule has 0 aliphatic carbocycles. The number of piperidine rings is 1. The van der Waals surface area contributed by atoms with Crippen LogP contribution < -0.4 is 5.32 Å². The second-order valence-corrected chi connectivity index (χ2v) is 9.04. The number of aryl methyl sites for hydroxylation is 1. The maximum Gasteiger partial charge on any atom is 0.410 e. The monoisotopic (exact) mass is 408 g/mol. The molecule has 0 spiro atoms.